The maximum absolute atomic E-state index is 13.2. The summed E-state index contributed by atoms with van der Waals surface area (Å²) in [5.74, 6) is -2.53. The number of carbonyl (C=O) groups excluding carboxylic acids is 2. The number of Topliss-reactive ketones (excluding diaryl/α,β-unsaturated/α-hetero) is 2. The molecule has 1 aliphatic heterocycles. The van der Waals surface area contributed by atoms with Crippen molar-refractivity contribution in [3.63, 3.8) is 0 Å². The fourth-order valence-corrected chi connectivity index (χ4v) is 3.65. The molecule has 1 saturated heterocycles. The van der Waals surface area contributed by atoms with Crippen molar-refractivity contribution in [1.82, 2.24) is 0 Å². The first-order chi connectivity index (χ1) is 12.3. The topological polar surface area (TPSA) is 113 Å². The molecule has 132 valence electrons. The molecular formula is C19H14O7. The van der Waals surface area contributed by atoms with Crippen molar-refractivity contribution < 1.29 is 34.1 Å². The Kier molecular flexibility index (Phi) is 3.23. The van der Waals surface area contributed by atoms with Gasteiger partial charge in [0.25, 0.3) is 0 Å². The number of phenolic OH excluding ortho intramolecular Hbond substituents is 1. The summed E-state index contributed by atoms with van der Waals surface area (Å²) < 4.78 is 10.8. The molecule has 7 nitrogen and oxygen atoms in total. The number of carbonyl (C=O) groups is 3. The first-order valence-corrected chi connectivity index (χ1v) is 7.84. The predicted octanol–water partition coefficient (Wildman–Crippen LogP) is 2.08. The van der Waals surface area contributed by atoms with Crippen LogP contribution in [0.3, 0.4) is 0 Å². The number of rotatable bonds is 3. The number of aromatic carboxylic acids is 1. The number of ketones is 2. The number of phenols is 1. The minimum atomic E-state index is -1.75. The standard InChI is InChI=1S/C19H14O7/c1-8-6-10(18(23)24)14(12(7-8)25-2)19-16(22)9-4-3-5-11(20)13(9)15(21)17(19)26-19/h3-7,17,20H,1-2H3,(H,23,24). The summed E-state index contributed by atoms with van der Waals surface area (Å²) in [4.78, 5) is 37.7. The van der Waals surface area contributed by atoms with Crippen LogP contribution in [-0.2, 0) is 10.3 Å². The molecule has 1 aliphatic carbocycles. The monoisotopic (exact) mass is 354 g/mol. The summed E-state index contributed by atoms with van der Waals surface area (Å²) in [6.45, 7) is 1.70. The quantitative estimate of drug-likeness (QED) is 0.811. The summed E-state index contributed by atoms with van der Waals surface area (Å²) in [7, 11) is 1.35. The number of benzene rings is 2. The zero-order valence-corrected chi connectivity index (χ0v) is 13.9. The van der Waals surface area contributed by atoms with Crippen LogP contribution in [0.25, 0.3) is 0 Å². The number of carboxylic acid groups (broad SMARTS) is 1. The molecule has 4 rings (SSSR count). The largest absolute Gasteiger partial charge is 0.507 e. The van der Waals surface area contributed by atoms with E-state index in [1.165, 1.54) is 31.4 Å². The van der Waals surface area contributed by atoms with Crippen molar-refractivity contribution in [2.24, 2.45) is 0 Å². The lowest BCUT2D eigenvalue weighted by molar-refractivity contribution is 0.0690. The highest BCUT2D eigenvalue weighted by Crippen LogP contribution is 2.57. The molecule has 2 N–H and O–H groups in total. The lowest BCUT2D eigenvalue weighted by Gasteiger charge is -2.23. The smallest absolute Gasteiger partial charge is 0.336 e. The first-order valence-electron chi connectivity index (χ1n) is 7.84. The molecule has 26 heavy (non-hydrogen) atoms. The maximum atomic E-state index is 13.2. The number of ether oxygens (including phenoxy) is 2. The lowest BCUT2D eigenvalue weighted by atomic mass is 9.76. The molecule has 0 amide bonds. The lowest BCUT2D eigenvalue weighted by Crippen LogP contribution is -2.36. The molecule has 1 fully saturated rings. The predicted molar refractivity (Wildman–Crippen MR) is 88.0 cm³/mol. The van der Waals surface area contributed by atoms with Crippen LogP contribution in [0.4, 0.5) is 0 Å². The van der Waals surface area contributed by atoms with Crippen molar-refractivity contribution >= 4 is 17.5 Å². The molecule has 0 saturated carbocycles. The van der Waals surface area contributed by atoms with Gasteiger partial charge in [-0.25, -0.2) is 4.79 Å². The third kappa shape index (κ3) is 1.89. The van der Waals surface area contributed by atoms with Gasteiger partial charge < -0.3 is 19.7 Å². The average Bonchev–Trinajstić information content (AvgIpc) is 3.35. The van der Waals surface area contributed by atoms with Crippen molar-refractivity contribution in [3.05, 3.63) is 58.1 Å². The number of epoxide rings is 1. The number of methoxy groups -OCH3 is 1. The number of aromatic hydroxyl groups is 1. The highest BCUT2D eigenvalue weighted by Gasteiger charge is 2.72. The van der Waals surface area contributed by atoms with E-state index in [9.17, 15) is 24.6 Å². The summed E-state index contributed by atoms with van der Waals surface area (Å²) in [6, 6.07) is 7.17. The first kappa shape index (κ1) is 16.3. The van der Waals surface area contributed by atoms with Gasteiger partial charge in [-0.2, -0.15) is 0 Å². The van der Waals surface area contributed by atoms with Gasteiger partial charge in [0.1, 0.15) is 11.5 Å². The van der Waals surface area contributed by atoms with Crippen molar-refractivity contribution in [1.29, 1.82) is 0 Å². The Morgan fingerprint density at radius 1 is 1.27 bits per heavy atom. The van der Waals surface area contributed by atoms with E-state index in [4.69, 9.17) is 9.47 Å². The van der Waals surface area contributed by atoms with Crippen LogP contribution >= 0.6 is 0 Å². The van der Waals surface area contributed by atoms with Crippen molar-refractivity contribution in [3.8, 4) is 11.5 Å². The van der Waals surface area contributed by atoms with Crippen LogP contribution in [0.2, 0.25) is 0 Å². The minimum Gasteiger partial charge on any atom is -0.507 e. The van der Waals surface area contributed by atoms with Crippen LogP contribution in [0, 0.1) is 6.92 Å². The molecule has 0 bridgehead atoms. The van der Waals surface area contributed by atoms with Crippen LogP contribution in [0.1, 0.15) is 42.2 Å². The van der Waals surface area contributed by atoms with E-state index in [1.54, 1.807) is 13.0 Å². The molecule has 2 aromatic carbocycles. The van der Waals surface area contributed by atoms with Crippen LogP contribution in [0.5, 0.6) is 11.5 Å². The molecular weight excluding hydrogens is 340 g/mol. The molecule has 2 aromatic rings. The van der Waals surface area contributed by atoms with Gasteiger partial charge >= 0.3 is 5.97 Å². The molecule has 2 aliphatic rings. The Morgan fingerprint density at radius 2 is 2.00 bits per heavy atom. The number of hydrogen-bond acceptors (Lipinski definition) is 6. The van der Waals surface area contributed by atoms with E-state index in [-0.39, 0.29) is 33.8 Å². The van der Waals surface area contributed by atoms with E-state index in [0.717, 1.165) is 0 Å². The van der Waals surface area contributed by atoms with E-state index in [2.05, 4.69) is 0 Å². The normalized spacial score (nSPS) is 23.2. The molecule has 1 heterocycles. The van der Waals surface area contributed by atoms with Gasteiger partial charge in [0.15, 0.2) is 17.5 Å². The van der Waals surface area contributed by atoms with Gasteiger partial charge in [-0.1, -0.05) is 12.1 Å². The van der Waals surface area contributed by atoms with E-state index < -0.39 is 29.2 Å². The van der Waals surface area contributed by atoms with Gasteiger partial charge in [0.2, 0.25) is 5.78 Å². The Hall–Kier alpha value is -3.19. The van der Waals surface area contributed by atoms with E-state index in [1.807, 2.05) is 0 Å². The Labute approximate surface area is 147 Å². The second kappa shape index (κ2) is 5.15. The van der Waals surface area contributed by atoms with E-state index in [0.29, 0.717) is 5.56 Å². The zero-order chi connectivity index (χ0) is 18.8. The number of hydrogen-bond donors (Lipinski definition) is 2. The Bertz CT molecular complexity index is 1010. The van der Waals surface area contributed by atoms with Crippen LogP contribution < -0.4 is 4.74 Å². The van der Waals surface area contributed by atoms with Crippen molar-refractivity contribution in [2.45, 2.75) is 18.6 Å². The van der Waals surface area contributed by atoms with Gasteiger partial charge in [-0.05, 0) is 30.7 Å². The average molecular weight is 354 g/mol. The minimum absolute atomic E-state index is 0.00252. The third-order valence-corrected chi connectivity index (χ3v) is 4.79. The number of aryl methyl sites for hydroxylation is 1. The fourth-order valence-electron chi connectivity index (χ4n) is 3.65. The number of fused-ring (bicyclic) bond motifs is 2. The summed E-state index contributed by atoms with van der Waals surface area (Å²) in [5, 5.41) is 19.6. The molecule has 2 atom stereocenters. The summed E-state index contributed by atoms with van der Waals surface area (Å²) in [6.07, 6.45) is -1.19. The third-order valence-electron chi connectivity index (χ3n) is 4.79. The maximum Gasteiger partial charge on any atom is 0.336 e. The molecule has 0 radical (unpaired) electrons. The van der Waals surface area contributed by atoms with Crippen LogP contribution in [-0.4, -0.2) is 41.0 Å². The molecule has 0 spiro atoms. The van der Waals surface area contributed by atoms with Gasteiger partial charge in [-0.3, -0.25) is 9.59 Å². The number of carboxylic acids is 1. The summed E-state index contributed by atoms with van der Waals surface area (Å²) in [5.41, 5.74) is -1.35. The second-order valence-corrected chi connectivity index (χ2v) is 6.32. The van der Waals surface area contributed by atoms with Gasteiger partial charge in [-0.15, -0.1) is 0 Å². The Balaban J connectivity index is 2.01. The molecule has 2 unspecified atom stereocenters. The molecule has 0 aromatic heterocycles. The second-order valence-electron chi connectivity index (χ2n) is 6.32. The zero-order valence-electron chi connectivity index (χ0n) is 13.9. The fraction of sp³-hybridized carbons (Fsp3) is 0.211. The van der Waals surface area contributed by atoms with Gasteiger partial charge in [0, 0.05) is 5.56 Å². The highest BCUT2D eigenvalue weighted by molar-refractivity contribution is 6.24. The summed E-state index contributed by atoms with van der Waals surface area (Å²) >= 11 is 0. The van der Waals surface area contributed by atoms with Crippen molar-refractivity contribution in [2.75, 3.05) is 7.11 Å². The Morgan fingerprint density at radius 3 is 2.65 bits per heavy atom. The van der Waals surface area contributed by atoms with Crippen LogP contribution in [0.15, 0.2) is 30.3 Å². The highest BCUT2D eigenvalue weighted by atomic mass is 16.6. The SMILES string of the molecule is COc1cc(C)cc(C(=O)O)c1C12OC1C(=O)c1c(O)cccc1C2=O. The van der Waals surface area contributed by atoms with Gasteiger partial charge in [0.05, 0.1) is 23.8 Å². The van der Waals surface area contributed by atoms with E-state index >= 15 is 0 Å². The molecule has 7 heteroatoms.